The van der Waals surface area contributed by atoms with Crippen LogP contribution in [-0.2, 0) is 11.3 Å². The number of amides is 1. The van der Waals surface area contributed by atoms with Gasteiger partial charge in [0.1, 0.15) is 23.6 Å². The number of carbonyl (C=O) groups is 1. The highest BCUT2D eigenvalue weighted by Gasteiger charge is 2.11. The first-order chi connectivity index (χ1) is 13.2. The number of ether oxygens (including phenoxy) is 2. The molecule has 3 rings (SSSR count). The summed E-state index contributed by atoms with van der Waals surface area (Å²) in [6, 6.07) is 9.23. The molecule has 144 valence electrons. The molecule has 0 atom stereocenters. The SMILES string of the molecule is COc1ccc(CNC(=O)c2cc(NCCN3CCOCC3)ncn2)cc1. The molecule has 0 spiro atoms. The van der Waals surface area contributed by atoms with Gasteiger partial charge in [0.2, 0.25) is 0 Å². The third kappa shape index (κ3) is 5.90. The lowest BCUT2D eigenvalue weighted by atomic mass is 10.2. The number of anilines is 1. The van der Waals surface area contributed by atoms with Gasteiger partial charge in [0.05, 0.1) is 20.3 Å². The molecule has 1 aliphatic heterocycles. The molecule has 2 heterocycles. The summed E-state index contributed by atoms with van der Waals surface area (Å²) in [4.78, 5) is 22.9. The van der Waals surface area contributed by atoms with E-state index in [1.807, 2.05) is 24.3 Å². The molecule has 8 heteroatoms. The lowest BCUT2D eigenvalue weighted by molar-refractivity contribution is 0.0398. The molecule has 2 aromatic rings. The van der Waals surface area contributed by atoms with E-state index in [0.717, 1.165) is 50.7 Å². The Morgan fingerprint density at radius 1 is 1.22 bits per heavy atom. The normalized spacial score (nSPS) is 14.6. The molecule has 8 nitrogen and oxygen atoms in total. The van der Waals surface area contributed by atoms with Crippen LogP contribution in [0.5, 0.6) is 5.75 Å². The zero-order chi connectivity index (χ0) is 18.9. The number of nitrogens with one attached hydrogen (secondary N) is 2. The van der Waals surface area contributed by atoms with Crippen molar-refractivity contribution in [3.05, 3.63) is 47.9 Å². The van der Waals surface area contributed by atoms with Crippen molar-refractivity contribution in [1.82, 2.24) is 20.2 Å². The number of rotatable bonds is 8. The minimum Gasteiger partial charge on any atom is -0.497 e. The Balaban J connectivity index is 1.47. The molecule has 1 fully saturated rings. The van der Waals surface area contributed by atoms with E-state index in [1.54, 1.807) is 13.2 Å². The Labute approximate surface area is 158 Å². The largest absolute Gasteiger partial charge is 0.497 e. The van der Waals surface area contributed by atoms with Crippen molar-refractivity contribution in [2.24, 2.45) is 0 Å². The molecule has 27 heavy (non-hydrogen) atoms. The summed E-state index contributed by atoms with van der Waals surface area (Å²) >= 11 is 0. The van der Waals surface area contributed by atoms with E-state index in [4.69, 9.17) is 9.47 Å². The maximum atomic E-state index is 12.3. The number of morpholine rings is 1. The van der Waals surface area contributed by atoms with Gasteiger partial charge >= 0.3 is 0 Å². The summed E-state index contributed by atoms with van der Waals surface area (Å²) in [7, 11) is 1.62. The van der Waals surface area contributed by atoms with E-state index in [9.17, 15) is 4.79 Å². The molecule has 1 saturated heterocycles. The van der Waals surface area contributed by atoms with E-state index < -0.39 is 0 Å². The van der Waals surface area contributed by atoms with Crippen molar-refractivity contribution in [3.8, 4) is 5.75 Å². The van der Waals surface area contributed by atoms with Crippen molar-refractivity contribution in [1.29, 1.82) is 0 Å². The van der Waals surface area contributed by atoms with E-state index in [-0.39, 0.29) is 5.91 Å². The molecule has 0 saturated carbocycles. The lowest BCUT2D eigenvalue weighted by Gasteiger charge is -2.26. The van der Waals surface area contributed by atoms with Crippen molar-refractivity contribution in [2.75, 3.05) is 51.8 Å². The first-order valence-electron chi connectivity index (χ1n) is 9.02. The van der Waals surface area contributed by atoms with Gasteiger partial charge in [0.25, 0.3) is 5.91 Å². The number of methoxy groups -OCH3 is 1. The van der Waals surface area contributed by atoms with Crippen LogP contribution < -0.4 is 15.4 Å². The summed E-state index contributed by atoms with van der Waals surface area (Å²) in [5, 5.41) is 6.11. The highest BCUT2D eigenvalue weighted by molar-refractivity contribution is 5.92. The molecule has 0 aliphatic carbocycles. The summed E-state index contributed by atoms with van der Waals surface area (Å²) in [5.41, 5.74) is 1.33. The molecule has 1 aliphatic rings. The molecule has 1 aromatic carbocycles. The zero-order valence-electron chi connectivity index (χ0n) is 15.5. The molecular formula is C19H25N5O3. The fourth-order valence-electron chi connectivity index (χ4n) is 2.76. The Morgan fingerprint density at radius 2 is 2.00 bits per heavy atom. The smallest absolute Gasteiger partial charge is 0.270 e. The second-order valence-electron chi connectivity index (χ2n) is 6.20. The maximum Gasteiger partial charge on any atom is 0.270 e. The number of aromatic nitrogens is 2. The third-order valence-electron chi connectivity index (χ3n) is 4.35. The number of benzene rings is 1. The summed E-state index contributed by atoms with van der Waals surface area (Å²) in [5.74, 6) is 1.20. The third-order valence-corrected chi connectivity index (χ3v) is 4.35. The minimum absolute atomic E-state index is 0.232. The zero-order valence-corrected chi connectivity index (χ0v) is 15.5. The quantitative estimate of drug-likeness (QED) is 0.720. The highest BCUT2D eigenvalue weighted by atomic mass is 16.5. The molecule has 0 radical (unpaired) electrons. The van der Waals surface area contributed by atoms with Crippen molar-refractivity contribution in [3.63, 3.8) is 0 Å². The van der Waals surface area contributed by atoms with Gasteiger partial charge in [0, 0.05) is 38.8 Å². The van der Waals surface area contributed by atoms with Crippen LogP contribution in [0.3, 0.4) is 0 Å². The second-order valence-corrected chi connectivity index (χ2v) is 6.20. The minimum atomic E-state index is -0.232. The maximum absolute atomic E-state index is 12.3. The van der Waals surface area contributed by atoms with Crippen LogP contribution in [-0.4, -0.2) is 67.3 Å². The van der Waals surface area contributed by atoms with Crippen LogP contribution in [0.1, 0.15) is 16.1 Å². The average molecular weight is 371 g/mol. The fraction of sp³-hybridized carbons (Fsp3) is 0.421. The van der Waals surface area contributed by atoms with Gasteiger partial charge in [-0.2, -0.15) is 0 Å². The Kier molecular flexibility index (Phi) is 6.95. The fourth-order valence-corrected chi connectivity index (χ4v) is 2.76. The molecular weight excluding hydrogens is 346 g/mol. The van der Waals surface area contributed by atoms with E-state index in [1.165, 1.54) is 6.33 Å². The van der Waals surface area contributed by atoms with Crippen molar-refractivity contribution >= 4 is 11.7 Å². The average Bonchev–Trinajstić information content (AvgIpc) is 2.73. The summed E-state index contributed by atoms with van der Waals surface area (Å²) in [6.07, 6.45) is 1.40. The number of carbonyl (C=O) groups excluding carboxylic acids is 1. The van der Waals surface area contributed by atoms with E-state index >= 15 is 0 Å². The topological polar surface area (TPSA) is 88.6 Å². The van der Waals surface area contributed by atoms with E-state index in [2.05, 4.69) is 25.5 Å². The summed E-state index contributed by atoms with van der Waals surface area (Å²) in [6.45, 7) is 5.55. The van der Waals surface area contributed by atoms with Gasteiger partial charge in [-0.1, -0.05) is 12.1 Å². The van der Waals surface area contributed by atoms with Crippen molar-refractivity contribution < 1.29 is 14.3 Å². The number of hydrogen-bond donors (Lipinski definition) is 2. The van der Waals surface area contributed by atoms with E-state index in [0.29, 0.717) is 18.1 Å². The Morgan fingerprint density at radius 3 is 2.74 bits per heavy atom. The van der Waals surface area contributed by atoms with Gasteiger partial charge in [-0.3, -0.25) is 9.69 Å². The van der Waals surface area contributed by atoms with Crippen LogP contribution in [0, 0.1) is 0 Å². The molecule has 0 unspecified atom stereocenters. The monoisotopic (exact) mass is 371 g/mol. The molecule has 1 amide bonds. The molecule has 2 N–H and O–H groups in total. The van der Waals surface area contributed by atoms with Crippen molar-refractivity contribution in [2.45, 2.75) is 6.54 Å². The van der Waals surface area contributed by atoms with Gasteiger partial charge < -0.3 is 20.1 Å². The predicted molar refractivity (Wildman–Crippen MR) is 102 cm³/mol. The van der Waals surface area contributed by atoms with Crippen LogP contribution in [0.25, 0.3) is 0 Å². The Bertz CT molecular complexity index is 732. The first-order valence-corrected chi connectivity index (χ1v) is 9.02. The molecule has 1 aromatic heterocycles. The molecule has 0 bridgehead atoms. The van der Waals surface area contributed by atoms with Crippen LogP contribution in [0.4, 0.5) is 5.82 Å². The van der Waals surface area contributed by atoms with Crippen LogP contribution in [0.2, 0.25) is 0 Å². The number of nitrogens with zero attached hydrogens (tertiary/aromatic N) is 3. The second kappa shape index (κ2) is 9.84. The highest BCUT2D eigenvalue weighted by Crippen LogP contribution is 2.11. The summed E-state index contributed by atoms with van der Waals surface area (Å²) < 4.78 is 10.5. The van der Waals surface area contributed by atoms with Gasteiger partial charge in [-0.05, 0) is 17.7 Å². The Hall–Kier alpha value is -2.71. The first kappa shape index (κ1) is 19.1. The predicted octanol–water partition coefficient (Wildman–Crippen LogP) is 1.16. The van der Waals surface area contributed by atoms with Gasteiger partial charge in [-0.25, -0.2) is 9.97 Å². The van der Waals surface area contributed by atoms with Crippen LogP contribution >= 0.6 is 0 Å². The van der Waals surface area contributed by atoms with Gasteiger partial charge in [0.15, 0.2) is 0 Å². The van der Waals surface area contributed by atoms with Crippen LogP contribution in [0.15, 0.2) is 36.7 Å². The lowest BCUT2D eigenvalue weighted by Crippen LogP contribution is -2.39. The number of hydrogen-bond acceptors (Lipinski definition) is 7. The van der Waals surface area contributed by atoms with Gasteiger partial charge in [-0.15, -0.1) is 0 Å². The standard InChI is InChI=1S/C19H25N5O3/c1-26-16-4-2-15(3-5-16)13-21-19(25)17-12-18(23-14-22-17)20-6-7-24-8-10-27-11-9-24/h2-5,12,14H,6-11,13H2,1H3,(H,21,25)(H,20,22,23).